The number of aliphatic hydroxyl groups excluding tert-OH is 1. The van der Waals surface area contributed by atoms with Crippen LogP contribution < -0.4 is 15.4 Å². The molecular weight excluding hydrogens is 328 g/mol. The molecule has 0 saturated heterocycles. The predicted molar refractivity (Wildman–Crippen MR) is 97.9 cm³/mol. The van der Waals surface area contributed by atoms with E-state index in [1.165, 1.54) is 0 Å². The van der Waals surface area contributed by atoms with Crippen LogP contribution in [-0.2, 0) is 0 Å². The van der Waals surface area contributed by atoms with Crippen LogP contribution in [-0.4, -0.2) is 42.4 Å². The fourth-order valence-electron chi connectivity index (χ4n) is 1.83. The van der Waals surface area contributed by atoms with Crippen molar-refractivity contribution in [3.05, 3.63) is 28.8 Å². The predicted octanol–water partition coefficient (Wildman–Crippen LogP) is 2.85. The Hall–Kier alpha value is -1.30. The lowest BCUT2D eigenvalue weighted by Crippen LogP contribution is -2.42. The number of hydrogen-bond donors (Lipinski definition) is 3. The molecule has 1 rings (SSSR count). The first-order valence-electron chi connectivity index (χ1n) is 8.22. The Labute approximate surface area is 149 Å². The number of hydrogen-bond acceptors (Lipinski definition) is 4. The molecule has 0 heterocycles. The van der Waals surface area contributed by atoms with Crippen molar-refractivity contribution >= 4 is 17.5 Å². The topological polar surface area (TPSA) is 70.6 Å². The SMILES string of the molecule is CC(C)CNC(=O)c1ccc(OC[C@H](O)CNC(C)(C)C)c(Cl)c1. The van der Waals surface area contributed by atoms with Crippen molar-refractivity contribution in [3.8, 4) is 5.75 Å². The van der Waals surface area contributed by atoms with Gasteiger partial charge < -0.3 is 20.5 Å². The lowest BCUT2D eigenvalue weighted by molar-refractivity contribution is 0.0947. The van der Waals surface area contributed by atoms with Crippen LogP contribution >= 0.6 is 11.6 Å². The van der Waals surface area contributed by atoms with Crippen LogP contribution in [0.4, 0.5) is 0 Å². The monoisotopic (exact) mass is 356 g/mol. The maximum Gasteiger partial charge on any atom is 0.251 e. The summed E-state index contributed by atoms with van der Waals surface area (Å²) in [4.78, 5) is 12.0. The summed E-state index contributed by atoms with van der Waals surface area (Å²) < 4.78 is 5.54. The zero-order valence-electron chi connectivity index (χ0n) is 15.1. The molecule has 6 heteroatoms. The Morgan fingerprint density at radius 1 is 1.29 bits per heavy atom. The number of carbonyl (C=O) groups is 1. The first-order valence-corrected chi connectivity index (χ1v) is 8.60. The van der Waals surface area contributed by atoms with Gasteiger partial charge >= 0.3 is 0 Å². The van der Waals surface area contributed by atoms with Gasteiger partial charge in [-0.15, -0.1) is 0 Å². The molecule has 0 aliphatic rings. The average Bonchev–Trinajstić information content (AvgIpc) is 2.48. The highest BCUT2D eigenvalue weighted by molar-refractivity contribution is 6.32. The van der Waals surface area contributed by atoms with Gasteiger partial charge in [0.2, 0.25) is 0 Å². The molecule has 24 heavy (non-hydrogen) atoms. The Bertz CT molecular complexity index is 542. The van der Waals surface area contributed by atoms with Gasteiger partial charge in [0.25, 0.3) is 5.91 Å². The van der Waals surface area contributed by atoms with Gasteiger partial charge in [0.15, 0.2) is 0 Å². The highest BCUT2D eigenvalue weighted by Crippen LogP contribution is 2.25. The lowest BCUT2D eigenvalue weighted by Gasteiger charge is -2.23. The van der Waals surface area contributed by atoms with E-state index in [0.29, 0.717) is 35.3 Å². The number of aliphatic hydroxyl groups is 1. The van der Waals surface area contributed by atoms with Gasteiger partial charge in [0.05, 0.1) is 5.02 Å². The minimum absolute atomic E-state index is 0.0659. The van der Waals surface area contributed by atoms with Crippen molar-refractivity contribution in [1.29, 1.82) is 0 Å². The van der Waals surface area contributed by atoms with Crippen molar-refractivity contribution in [2.24, 2.45) is 5.92 Å². The fraction of sp³-hybridized carbons (Fsp3) is 0.611. The summed E-state index contributed by atoms with van der Waals surface area (Å²) in [5, 5.41) is 16.3. The van der Waals surface area contributed by atoms with Crippen LogP contribution in [0.15, 0.2) is 18.2 Å². The molecule has 0 aliphatic heterocycles. The van der Waals surface area contributed by atoms with Gasteiger partial charge in [-0.3, -0.25) is 4.79 Å². The lowest BCUT2D eigenvalue weighted by atomic mass is 10.1. The Morgan fingerprint density at radius 2 is 1.96 bits per heavy atom. The fourth-order valence-corrected chi connectivity index (χ4v) is 2.06. The molecule has 0 fully saturated rings. The minimum Gasteiger partial charge on any atom is -0.489 e. The number of benzene rings is 1. The van der Waals surface area contributed by atoms with Crippen molar-refractivity contribution in [1.82, 2.24) is 10.6 Å². The molecule has 5 nitrogen and oxygen atoms in total. The highest BCUT2D eigenvalue weighted by Gasteiger charge is 2.14. The number of ether oxygens (including phenoxy) is 1. The van der Waals surface area contributed by atoms with E-state index in [9.17, 15) is 9.90 Å². The maximum absolute atomic E-state index is 12.0. The molecule has 1 aromatic rings. The second-order valence-corrected chi connectivity index (χ2v) is 7.75. The van der Waals surface area contributed by atoms with Crippen molar-refractivity contribution < 1.29 is 14.6 Å². The molecule has 0 aromatic heterocycles. The van der Waals surface area contributed by atoms with Gasteiger partial charge in [-0.2, -0.15) is 0 Å². The summed E-state index contributed by atoms with van der Waals surface area (Å²) in [7, 11) is 0. The normalized spacial score (nSPS) is 13.0. The van der Waals surface area contributed by atoms with E-state index in [1.54, 1.807) is 18.2 Å². The highest BCUT2D eigenvalue weighted by atomic mass is 35.5. The molecule has 3 N–H and O–H groups in total. The van der Waals surface area contributed by atoms with Gasteiger partial charge in [0.1, 0.15) is 18.5 Å². The van der Waals surface area contributed by atoms with Crippen molar-refractivity contribution in [2.75, 3.05) is 19.7 Å². The number of amides is 1. The van der Waals surface area contributed by atoms with Gasteiger partial charge in [-0.1, -0.05) is 25.4 Å². The number of β-amino-alcohol motifs (C(OH)–C–C–N with tert-alkyl or cyclic N) is 1. The van der Waals surface area contributed by atoms with Crippen LogP contribution in [0.5, 0.6) is 5.75 Å². The summed E-state index contributed by atoms with van der Waals surface area (Å²) in [6.45, 7) is 11.3. The number of carbonyl (C=O) groups excluding carboxylic acids is 1. The minimum atomic E-state index is -0.644. The zero-order valence-corrected chi connectivity index (χ0v) is 15.9. The van der Waals surface area contributed by atoms with Gasteiger partial charge in [-0.05, 0) is 44.9 Å². The van der Waals surface area contributed by atoms with Gasteiger partial charge in [-0.25, -0.2) is 0 Å². The van der Waals surface area contributed by atoms with Crippen molar-refractivity contribution in [3.63, 3.8) is 0 Å². The summed E-state index contributed by atoms with van der Waals surface area (Å²) >= 11 is 6.17. The smallest absolute Gasteiger partial charge is 0.251 e. The van der Waals surface area contributed by atoms with Crippen LogP contribution in [0.1, 0.15) is 45.0 Å². The molecule has 0 radical (unpaired) electrons. The number of rotatable bonds is 8. The van der Waals surface area contributed by atoms with Crippen LogP contribution in [0.2, 0.25) is 5.02 Å². The first-order chi connectivity index (χ1) is 11.1. The summed E-state index contributed by atoms with van der Waals surface area (Å²) in [6, 6.07) is 4.89. The molecule has 0 spiro atoms. The maximum atomic E-state index is 12.0. The van der Waals surface area contributed by atoms with E-state index in [-0.39, 0.29) is 18.1 Å². The summed E-state index contributed by atoms with van der Waals surface area (Å²) in [6.07, 6.45) is -0.644. The standard InChI is InChI=1S/C18H29ClN2O3/c1-12(2)9-20-17(23)13-6-7-16(15(19)8-13)24-11-14(22)10-21-18(3,4)5/h6-8,12,14,21-22H,9-11H2,1-5H3,(H,20,23)/t14-/m1/s1. The first kappa shape index (κ1) is 20.7. The molecule has 0 saturated carbocycles. The molecule has 0 aliphatic carbocycles. The van der Waals surface area contributed by atoms with E-state index in [0.717, 1.165) is 0 Å². The van der Waals surface area contributed by atoms with Crippen LogP contribution in [0.25, 0.3) is 0 Å². The van der Waals surface area contributed by atoms with Gasteiger partial charge in [0, 0.05) is 24.2 Å². The van der Waals surface area contributed by atoms with Crippen LogP contribution in [0.3, 0.4) is 0 Å². The Kier molecular flexibility index (Phi) is 8.00. The molecule has 136 valence electrons. The second-order valence-electron chi connectivity index (χ2n) is 7.34. The third kappa shape index (κ3) is 7.99. The van der Waals surface area contributed by atoms with Crippen molar-refractivity contribution in [2.45, 2.75) is 46.3 Å². The second kappa shape index (κ2) is 9.25. The van der Waals surface area contributed by atoms with E-state index < -0.39 is 6.10 Å². The third-order valence-electron chi connectivity index (χ3n) is 3.16. The van der Waals surface area contributed by atoms with E-state index >= 15 is 0 Å². The third-order valence-corrected chi connectivity index (χ3v) is 3.46. The molecule has 1 atom stereocenters. The van der Waals surface area contributed by atoms with E-state index in [2.05, 4.69) is 10.6 Å². The average molecular weight is 357 g/mol. The Balaban J connectivity index is 2.54. The Morgan fingerprint density at radius 3 is 2.50 bits per heavy atom. The molecular formula is C18H29ClN2O3. The summed E-state index contributed by atoms with van der Waals surface area (Å²) in [5.74, 6) is 0.675. The molecule has 1 aromatic carbocycles. The number of halogens is 1. The van der Waals surface area contributed by atoms with E-state index in [4.69, 9.17) is 16.3 Å². The number of nitrogens with one attached hydrogen (secondary N) is 2. The summed E-state index contributed by atoms with van der Waals surface area (Å²) in [5.41, 5.74) is 0.423. The van der Waals surface area contributed by atoms with E-state index in [1.807, 2.05) is 34.6 Å². The molecule has 1 amide bonds. The van der Waals surface area contributed by atoms with Crippen LogP contribution in [0, 0.1) is 5.92 Å². The molecule has 0 unspecified atom stereocenters. The largest absolute Gasteiger partial charge is 0.489 e. The zero-order chi connectivity index (χ0) is 18.3. The quantitative estimate of drug-likeness (QED) is 0.669. The molecule has 0 bridgehead atoms.